The Labute approximate surface area is 72.1 Å². The maximum Gasteiger partial charge on any atom is 0.132 e. The van der Waals surface area contributed by atoms with E-state index in [0.29, 0.717) is 6.61 Å². The molecule has 68 valence electrons. The van der Waals surface area contributed by atoms with Crippen LogP contribution in [0.1, 0.15) is 0 Å². The van der Waals surface area contributed by atoms with Crippen LogP contribution in [0.2, 0.25) is 0 Å². The summed E-state index contributed by atoms with van der Waals surface area (Å²) in [6.45, 7) is 6.05. The molecule has 0 aromatic rings. The van der Waals surface area contributed by atoms with E-state index in [1.54, 1.807) is 6.26 Å². The minimum absolute atomic E-state index is 0.629. The summed E-state index contributed by atoms with van der Waals surface area (Å²) in [6.07, 6.45) is 1.71. The zero-order chi connectivity index (χ0) is 8.23. The molecule has 1 saturated heterocycles. The van der Waals surface area contributed by atoms with Crippen molar-refractivity contribution < 1.29 is 9.78 Å². The van der Waals surface area contributed by atoms with E-state index in [1.165, 1.54) is 5.57 Å². The fourth-order valence-electron chi connectivity index (χ4n) is 1.49. The minimum atomic E-state index is 0.629. The average Bonchev–Trinajstić information content (AvgIpc) is 2.59. The molecule has 0 radical (unpaired) electrons. The largest absolute Gasteiger partial charge is 0.345 e. The highest BCUT2D eigenvalue weighted by atomic mass is 17.2. The molecule has 2 rings (SSSR count). The lowest BCUT2D eigenvalue weighted by molar-refractivity contribution is -0.221. The molecule has 0 aromatic carbocycles. The van der Waals surface area contributed by atoms with Gasteiger partial charge in [-0.15, -0.1) is 0 Å². The highest BCUT2D eigenvalue weighted by Crippen LogP contribution is 2.07. The van der Waals surface area contributed by atoms with E-state index in [4.69, 9.17) is 9.78 Å². The van der Waals surface area contributed by atoms with E-state index < -0.39 is 0 Å². The van der Waals surface area contributed by atoms with Crippen LogP contribution in [-0.4, -0.2) is 44.2 Å². The molecular formula is C8H14N2O2. The van der Waals surface area contributed by atoms with Crippen molar-refractivity contribution in [1.82, 2.24) is 10.2 Å². The van der Waals surface area contributed by atoms with Gasteiger partial charge in [-0.2, -0.15) is 4.89 Å². The molecule has 0 amide bonds. The molecule has 4 nitrogen and oxygen atoms in total. The maximum absolute atomic E-state index is 4.76. The molecule has 1 fully saturated rings. The van der Waals surface area contributed by atoms with Crippen LogP contribution in [0.3, 0.4) is 0 Å². The first-order chi connectivity index (χ1) is 5.95. The van der Waals surface area contributed by atoms with Crippen LogP contribution in [0.5, 0.6) is 0 Å². The number of hydrogen-bond donors (Lipinski definition) is 1. The van der Waals surface area contributed by atoms with Gasteiger partial charge in [0.2, 0.25) is 0 Å². The third-order valence-corrected chi connectivity index (χ3v) is 2.16. The molecule has 12 heavy (non-hydrogen) atoms. The second-order valence-electron chi connectivity index (χ2n) is 3.16. The fraction of sp³-hybridized carbons (Fsp3) is 0.750. The van der Waals surface area contributed by atoms with Crippen LogP contribution in [0, 0.1) is 0 Å². The van der Waals surface area contributed by atoms with E-state index in [0.717, 1.165) is 32.7 Å². The van der Waals surface area contributed by atoms with Gasteiger partial charge in [0.15, 0.2) is 0 Å². The van der Waals surface area contributed by atoms with Crippen LogP contribution in [0.25, 0.3) is 0 Å². The van der Waals surface area contributed by atoms with Gasteiger partial charge in [0, 0.05) is 38.3 Å². The number of nitrogens with zero attached hydrogens (tertiary/aromatic N) is 1. The molecule has 2 aliphatic rings. The van der Waals surface area contributed by atoms with Gasteiger partial charge in [-0.3, -0.25) is 4.90 Å². The van der Waals surface area contributed by atoms with Crippen LogP contribution in [-0.2, 0) is 9.78 Å². The topological polar surface area (TPSA) is 33.7 Å². The first-order valence-corrected chi connectivity index (χ1v) is 4.34. The van der Waals surface area contributed by atoms with Crippen molar-refractivity contribution in [2.75, 3.05) is 39.3 Å². The van der Waals surface area contributed by atoms with E-state index in [9.17, 15) is 0 Å². The van der Waals surface area contributed by atoms with E-state index in [2.05, 4.69) is 10.2 Å². The van der Waals surface area contributed by atoms with Gasteiger partial charge < -0.3 is 10.2 Å². The third-order valence-electron chi connectivity index (χ3n) is 2.16. The summed E-state index contributed by atoms with van der Waals surface area (Å²) >= 11 is 0. The number of rotatable bonds is 2. The third kappa shape index (κ3) is 1.97. The molecule has 0 saturated carbocycles. The Bertz CT molecular complexity index is 176. The SMILES string of the molecule is C1=C(CN2CCNCC2)COO1. The first-order valence-electron chi connectivity index (χ1n) is 4.34. The van der Waals surface area contributed by atoms with E-state index in [1.807, 2.05) is 0 Å². The van der Waals surface area contributed by atoms with Crippen molar-refractivity contribution in [2.24, 2.45) is 0 Å². The molecule has 0 bridgehead atoms. The molecule has 0 atom stereocenters. The minimum Gasteiger partial charge on any atom is -0.345 e. The Morgan fingerprint density at radius 2 is 2.25 bits per heavy atom. The predicted molar refractivity (Wildman–Crippen MR) is 44.4 cm³/mol. The zero-order valence-electron chi connectivity index (χ0n) is 7.08. The maximum atomic E-state index is 4.76. The monoisotopic (exact) mass is 170 g/mol. The molecule has 0 unspecified atom stereocenters. The summed E-state index contributed by atoms with van der Waals surface area (Å²) < 4.78 is 0. The summed E-state index contributed by atoms with van der Waals surface area (Å²) in [5, 5.41) is 3.32. The lowest BCUT2D eigenvalue weighted by atomic mass is 10.2. The molecule has 0 aliphatic carbocycles. The summed E-state index contributed by atoms with van der Waals surface area (Å²) in [7, 11) is 0. The average molecular weight is 170 g/mol. The van der Waals surface area contributed by atoms with Crippen molar-refractivity contribution in [3.63, 3.8) is 0 Å². The van der Waals surface area contributed by atoms with Gasteiger partial charge in [0.05, 0.1) is 0 Å². The standard InChI is InChI=1S/C8H14N2O2/c1-3-10(4-2-9-1)5-8-6-11-12-7-8/h6,9H,1-5,7H2. The predicted octanol–water partition coefficient (Wildman–Crippen LogP) is -0.263. The molecule has 1 N–H and O–H groups in total. The van der Waals surface area contributed by atoms with Crippen LogP contribution < -0.4 is 5.32 Å². The van der Waals surface area contributed by atoms with Crippen molar-refractivity contribution in [3.05, 3.63) is 11.8 Å². The quantitative estimate of drug-likeness (QED) is 0.579. The zero-order valence-corrected chi connectivity index (χ0v) is 7.08. The van der Waals surface area contributed by atoms with Crippen molar-refractivity contribution in [3.8, 4) is 0 Å². The van der Waals surface area contributed by atoms with E-state index >= 15 is 0 Å². The summed E-state index contributed by atoms with van der Waals surface area (Å²) in [5.41, 5.74) is 1.23. The van der Waals surface area contributed by atoms with Crippen molar-refractivity contribution in [2.45, 2.75) is 0 Å². The molecule has 2 aliphatic heterocycles. The highest BCUT2D eigenvalue weighted by Gasteiger charge is 2.14. The molecule has 0 aromatic heterocycles. The molecule has 2 heterocycles. The van der Waals surface area contributed by atoms with Gasteiger partial charge in [0.1, 0.15) is 12.9 Å². The Kier molecular flexibility index (Phi) is 2.60. The first kappa shape index (κ1) is 8.04. The molecule has 4 heteroatoms. The van der Waals surface area contributed by atoms with Gasteiger partial charge in [-0.1, -0.05) is 0 Å². The van der Waals surface area contributed by atoms with Gasteiger partial charge in [-0.25, -0.2) is 0 Å². The van der Waals surface area contributed by atoms with Gasteiger partial charge in [-0.05, 0) is 0 Å². The van der Waals surface area contributed by atoms with Crippen molar-refractivity contribution in [1.29, 1.82) is 0 Å². The van der Waals surface area contributed by atoms with Crippen LogP contribution in [0.4, 0.5) is 0 Å². The molecular weight excluding hydrogens is 156 g/mol. The van der Waals surface area contributed by atoms with Crippen molar-refractivity contribution >= 4 is 0 Å². The normalized spacial score (nSPS) is 25.2. The van der Waals surface area contributed by atoms with Gasteiger partial charge in [0.25, 0.3) is 0 Å². The summed E-state index contributed by atoms with van der Waals surface area (Å²) in [4.78, 5) is 11.9. The number of nitrogens with one attached hydrogen (secondary N) is 1. The Morgan fingerprint density at radius 1 is 1.42 bits per heavy atom. The van der Waals surface area contributed by atoms with E-state index in [-0.39, 0.29) is 0 Å². The Hall–Kier alpha value is -0.580. The lowest BCUT2D eigenvalue weighted by Gasteiger charge is -2.26. The Morgan fingerprint density at radius 3 is 2.92 bits per heavy atom. The lowest BCUT2D eigenvalue weighted by Crippen LogP contribution is -2.44. The van der Waals surface area contributed by atoms with Gasteiger partial charge >= 0.3 is 0 Å². The van der Waals surface area contributed by atoms with Crippen LogP contribution in [0.15, 0.2) is 11.8 Å². The second-order valence-corrected chi connectivity index (χ2v) is 3.16. The Balaban J connectivity index is 1.77. The number of hydrogen-bond acceptors (Lipinski definition) is 4. The number of piperazine rings is 1. The smallest absolute Gasteiger partial charge is 0.132 e. The summed E-state index contributed by atoms with van der Waals surface area (Å²) in [5.74, 6) is 0. The second kappa shape index (κ2) is 3.89. The molecule has 0 spiro atoms. The summed E-state index contributed by atoms with van der Waals surface area (Å²) in [6, 6.07) is 0. The fourth-order valence-corrected chi connectivity index (χ4v) is 1.49. The van der Waals surface area contributed by atoms with Crippen LogP contribution >= 0.6 is 0 Å². The highest BCUT2D eigenvalue weighted by molar-refractivity contribution is 5.03.